The standard InChI is InChI=1S/C11H16O3.C10H7F3N2S.C5H13N/c1-5-7-8-9(6-2)14-11(3,4)10(12)13;1-6-14-15-9(16-6)7-2-4-8(5-3-7)10(11,12)13;1-3-5-6-4-2/h5-8H,1H2,2-4H3,(H,12,13);2-5H,1H3;6H,3-5H2,1-2H3/b8-7-,9-6+;;. The van der Waals surface area contributed by atoms with Gasteiger partial charge in [-0.2, -0.15) is 13.2 Å². The van der Waals surface area contributed by atoms with Crippen LogP contribution in [0.4, 0.5) is 13.2 Å². The Kier molecular flexibility index (Phi) is 15.3. The van der Waals surface area contributed by atoms with Crippen LogP contribution in [-0.2, 0) is 15.7 Å². The number of halogens is 3. The van der Waals surface area contributed by atoms with Crippen LogP contribution in [0.15, 0.2) is 60.9 Å². The number of carboxylic acid groups (broad SMARTS) is 1. The van der Waals surface area contributed by atoms with Crippen LogP contribution in [0.1, 0.15) is 51.6 Å². The van der Waals surface area contributed by atoms with E-state index in [1.807, 2.05) is 0 Å². The Morgan fingerprint density at radius 2 is 1.81 bits per heavy atom. The van der Waals surface area contributed by atoms with Crippen molar-refractivity contribution in [2.75, 3.05) is 13.1 Å². The summed E-state index contributed by atoms with van der Waals surface area (Å²) in [6.07, 6.45) is 3.60. The summed E-state index contributed by atoms with van der Waals surface area (Å²) < 4.78 is 42.2. The number of nitrogens with one attached hydrogen (secondary N) is 1. The van der Waals surface area contributed by atoms with Crippen LogP contribution in [0.3, 0.4) is 0 Å². The summed E-state index contributed by atoms with van der Waals surface area (Å²) >= 11 is 1.35. The summed E-state index contributed by atoms with van der Waals surface area (Å²) in [6, 6.07) is 4.91. The minimum absolute atomic E-state index is 0.511. The second kappa shape index (κ2) is 16.6. The molecule has 0 saturated carbocycles. The van der Waals surface area contributed by atoms with Gasteiger partial charge >= 0.3 is 12.1 Å². The van der Waals surface area contributed by atoms with Crippen LogP contribution in [0, 0.1) is 6.92 Å². The zero-order valence-electron chi connectivity index (χ0n) is 21.6. The summed E-state index contributed by atoms with van der Waals surface area (Å²) in [5, 5.41) is 21.1. The Balaban J connectivity index is 0.000000563. The number of aryl methyl sites for hydroxylation is 1. The topological polar surface area (TPSA) is 84.3 Å². The fraction of sp³-hybridized carbons (Fsp3) is 0.423. The molecule has 2 aromatic rings. The number of hydrogen-bond acceptors (Lipinski definition) is 6. The van der Waals surface area contributed by atoms with Gasteiger partial charge in [-0.1, -0.05) is 56.0 Å². The molecule has 200 valence electrons. The minimum Gasteiger partial charge on any atom is -0.478 e. The van der Waals surface area contributed by atoms with Crippen molar-refractivity contribution in [3.05, 3.63) is 71.5 Å². The zero-order valence-corrected chi connectivity index (χ0v) is 22.5. The van der Waals surface area contributed by atoms with Gasteiger partial charge in [0.2, 0.25) is 0 Å². The van der Waals surface area contributed by atoms with Crippen molar-refractivity contribution >= 4 is 17.3 Å². The highest BCUT2D eigenvalue weighted by Crippen LogP contribution is 2.31. The minimum atomic E-state index is -4.30. The summed E-state index contributed by atoms with van der Waals surface area (Å²) in [5.74, 6) is -0.485. The third-order valence-electron chi connectivity index (χ3n) is 4.23. The maximum Gasteiger partial charge on any atom is 0.416 e. The maximum absolute atomic E-state index is 12.3. The smallest absolute Gasteiger partial charge is 0.416 e. The fourth-order valence-corrected chi connectivity index (χ4v) is 2.96. The Morgan fingerprint density at radius 1 is 1.19 bits per heavy atom. The lowest BCUT2D eigenvalue weighted by molar-refractivity contribution is -0.156. The number of aliphatic carboxylic acids is 1. The second-order valence-electron chi connectivity index (χ2n) is 7.76. The molecule has 1 aromatic carbocycles. The maximum atomic E-state index is 12.3. The SMILES string of the molecule is C=C/C=C\C(=C/C)OC(C)(C)C(=O)O.CCCNCC.Cc1nnc(-c2ccc(C(F)(F)F)cc2)s1. The van der Waals surface area contributed by atoms with Crippen LogP contribution in [0.5, 0.6) is 0 Å². The number of ether oxygens (including phenoxy) is 1. The van der Waals surface area contributed by atoms with E-state index in [-0.39, 0.29) is 0 Å². The first kappa shape index (κ1) is 33.0. The van der Waals surface area contributed by atoms with E-state index in [1.54, 1.807) is 38.2 Å². The molecule has 0 spiro atoms. The van der Waals surface area contributed by atoms with Crippen molar-refractivity contribution in [2.24, 2.45) is 0 Å². The van der Waals surface area contributed by atoms with Crippen LogP contribution in [0.2, 0.25) is 0 Å². The molecular formula is C26H36F3N3O3S. The molecule has 36 heavy (non-hydrogen) atoms. The van der Waals surface area contributed by atoms with Crippen LogP contribution in [-0.4, -0.2) is 40.0 Å². The molecule has 0 radical (unpaired) electrons. The molecule has 2 N–H and O–H groups in total. The molecule has 0 aliphatic heterocycles. The van der Waals surface area contributed by atoms with Gasteiger partial charge in [0.1, 0.15) is 15.8 Å². The molecule has 10 heteroatoms. The molecule has 0 unspecified atom stereocenters. The average molecular weight is 528 g/mol. The highest BCUT2D eigenvalue weighted by atomic mass is 32.1. The van der Waals surface area contributed by atoms with E-state index < -0.39 is 23.3 Å². The lowest BCUT2D eigenvalue weighted by atomic mass is 10.1. The first-order valence-corrected chi connectivity index (χ1v) is 12.2. The van der Waals surface area contributed by atoms with Gasteiger partial charge in [-0.3, -0.25) is 0 Å². The predicted molar refractivity (Wildman–Crippen MR) is 140 cm³/mol. The van der Waals surface area contributed by atoms with Crippen LogP contribution >= 0.6 is 11.3 Å². The first-order valence-electron chi connectivity index (χ1n) is 11.4. The molecule has 0 saturated heterocycles. The van der Waals surface area contributed by atoms with Crippen molar-refractivity contribution in [3.63, 3.8) is 0 Å². The van der Waals surface area contributed by atoms with E-state index in [9.17, 15) is 18.0 Å². The van der Waals surface area contributed by atoms with E-state index in [0.717, 1.165) is 30.2 Å². The summed E-state index contributed by atoms with van der Waals surface area (Å²) in [4.78, 5) is 10.7. The fourth-order valence-electron chi connectivity index (χ4n) is 2.26. The summed E-state index contributed by atoms with van der Waals surface area (Å²) in [7, 11) is 0. The Morgan fingerprint density at radius 3 is 2.17 bits per heavy atom. The van der Waals surface area contributed by atoms with Gasteiger partial charge < -0.3 is 15.2 Å². The molecule has 2 rings (SSSR count). The van der Waals surface area contributed by atoms with Gasteiger partial charge in [-0.15, -0.1) is 10.2 Å². The number of carbonyl (C=O) groups is 1. The molecular weight excluding hydrogens is 491 g/mol. The number of carboxylic acids is 1. The van der Waals surface area contributed by atoms with Crippen LogP contribution < -0.4 is 5.32 Å². The molecule has 1 heterocycles. The van der Waals surface area contributed by atoms with Crippen molar-refractivity contribution in [1.29, 1.82) is 0 Å². The Labute approximate surface area is 215 Å². The number of allylic oxidation sites excluding steroid dienone is 4. The highest BCUT2D eigenvalue weighted by Gasteiger charge is 2.30. The van der Waals surface area contributed by atoms with Gasteiger partial charge in [0.15, 0.2) is 5.60 Å². The summed E-state index contributed by atoms with van der Waals surface area (Å²) in [6.45, 7) is 16.6. The third-order valence-corrected chi connectivity index (χ3v) is 5.12. The zero-order chi connectivity index (χ0) is 27.8. The van der Waals surface area contributed by atoms with Crippen molar-refractivity contribution in [3.8, 4) is 10.6 Å². The number of rotatable bonds is 9. The van der Waals surface area contributed by atoms with E-state index in [4.69, 9.17) is 9.84 Å². The molecule has 0 atom stereocenters. The Bertz CT molecular complexity index is 978. The van der Waals surface area contributed by atoms with E-state index in [0.29, 0.717) is 16.3 Å². The van der Waals surface area contributed by atoms with Crippen molar-refractivity contribution in [1.82, 2.24) is 15.5 Å². The third kappa shape index (κ3) is 13.2. The van der Waals surface area contributed by atoms with Gasteiger partial charge in [-0.25, -0.2) is 4.79 Å². The summed E-state index contributed by atoms with van der Waals surface area (Å²) in [5.41, 5.74) is -1.22. The molecule has 0 amide bonds. The normalized spacial score (nSPS) is 11.8. The highest BCUT2D eigenvalue weighted by molar-refractivity contribution is 7.14. The molecule has 0 aliphatic carbocycles. The van der Waals surface area contributed by atoms with Crippen molar-refractivity contribution < 1.29 is 27.8 Å². The van der Waals surface area contributed by atoms with Gasteiger partial charge in [0.05, 0.1) is 5.56 Å². The largest absolute Gasteiger partial charge is 0.478 e. The number of nitrogens with zero attached hydrogens (tertiary/aromatic N) is 2. The van der Waals surface area contributed by atoms with Crippen LogP contribution in [0.25, 0.3) is 10.6 Å². The molecule has 6 nitrogen and oxygen atoms in total. The van der Waals surface area contributed by atoms with Crippen molar-refractivity contribution in [2.45, 2.75) is 59.7 Å². The number of alkyl halides is 3. The quantitative estimate of drug-likeness (QED) is 0.207. The molecule has 0 bridgehead atoms. The molecule has 1 aromatic heterocycles. The number of aromatic nitrogens is 2. The van der Waals surface area contributed by atoms with Gasteiger partial charge in [-0.05, 0) is 71.5 Å². The van der Waals surface area contributed by atoms with Gasteiger partial charge in [0.25, 0.3) is 0 Å². The molecule has 0 aliphatic rings. The van der Waals surface area contributed by atoms with E-state index >= 15 is 0 Å². The first-order chi connectivity index (χ1) is 16.8. The number of hydrogen-bond donors (Lipinski definition) is 2. The lowest BCUT2D eigenvalue weighted by Gasteiger charge is -2.21. The van der Waals surface area contributed by atoms with Gasteiger partial charge in [0, 0.05) is 5.56 Å². The second-order valence-corrected chi connectivity index (χ2v) is 8.94. The predicted octanol–water partition coefficient (Wildman–Crippen LogP) is 7.05. The van der Waals surface area contributed by atoms with E-state index in [2.05, 4.69) is 35.9 Å². The lowest BCUT2D eigenvalue weighted by Crippen LogP contribution is -2.34. The number of benzene rings is 1. The average Bonchev–Trinajstić information content (AvgIpc) is 3.27. The Hall–Kier alpha value is -2.98. The monoisotopic (exact) mass is 527 g/mol. The van der Waals surface area contributed by atoms with E-state index in [1.165, 1.54) is 43.7 Å². The molecule has 0 fully saturated rings.